The van der Waals surface area contributed by atoms with Gasteiger partial charge in [-0.05, 0) is 188 Å². The van der Waals surface area contributed by atoms with Crippen LogP contribution in [0.25, 0.3) is 33.1 Å². The van der Waals surface area contributed by atoms with E-state index in [1.54, 1.807) is 102 Å². The molecule has 0 amide bonds. The van der Waals surface area contributed by atoms with Gasteiger partial charge in [-0.2, -0.15) is 0 Å². The highest BCUT2D eigenvalue weighted by Crippen LogP contribution is 2.37. The van der Waals surface area contributed by atoms with E-state index >= 15 is 0 Å². The third-order valence-electron chi connectivity index (χ3n) is 20.3. The van der Waals surface area contributed by atoms with Gasteiger partial charge in [0.25, 0.3) is 0 Å². The molecule has 0 aliphatic rings. The fourth-order valence-corrected chi connectivity index (χ4v) is 15.1. The molecule has 0 unspecified atom stereocenters. The molecule has 0 fully saturated rings. The van der Waals surface area contributed by atoms with Crippen LogP contribution in [0.5, 0.6) is 57.5 Å². The number of phenols is 2. The van der Waals surface area contributed by atoms with Gasteiger partial charge in [0.15, 0.2) is 63.3 Å². The van der Waals surface area contributed by atoms with Crippen molar-refractivity contribution in [2.45, 2.75) is 64.7 Å². The number of aromatic nitrogens is 6. The highest BCUT2D eigenvalue weighted by atomic mass is 79.9. The Hall–Kier alpha value is -15.2. The number of para-hydroxylation sites is 6. The highest BCUT2D eigenvalue weighted by Gasteiger charge is 2.23. The van der Waals surface area contributed by atoms with Gasteiger partial charge < -0.3 is 77.1 Å². The molecule has 0 saturated heterocycles. The maximum absolute atomic E-state index is 14.2. The molecule has 0 radical (unpaired) electrons. The summed E-state index contributed by atoms with van der Waals surface area (Å²) in [4.78, 5) is 97.5. The monoisotopic (exact) mass is 2350 g/mol. The zero-order valence-electron chi connectivity index (χ0n) is 79.0. The second-order valence-corrected chi connectivity index (χ2v) is 34.8. The molecule has 16 rings (SSSR count). The number of hydrogen-bond acceptors (Lipinski definition) is 24. The number of halogens is 11. The number of methoxy groups -OCH3 is 4. The summed E-state index contributed by atoms with van der Waals surface area (Å²) in [7, 11) is 5.11. The van der Waals surface area contributed by atoms with Crippen LogP contribution in [0, 0.1) is 29.1 Å². The first-order chi connectivity index (χ1) is 70.7. The number of nitrogens with zero attached hydrogens (tertiary/aromatic N) is 5. The highest BCUT2D eigenvalue weighted by molar-refractivity contribution is 9.11. The Kier molecular flexibility index (Phi) is 44.0. The van der Waals surface area contributed by atoms with E-state index in [0.29, 0.717) is 116 Å². The number of aromatic hydroxyl groups is 2. The van der Waals surface area contributed by atoms with Crippen molar-refractivity contribution in [1.29, 1.82) is 0 Å². The summed E-state index contributed by atoms with van der Waals surface area (Å²) < 4.78 is 138. The first-order valence-electron chi connectivity index (χ1n) is 43.6. The summed E-state index contributed by atoms with van der Waals surface area (Å²) in [5.41, 5.74) is 7.89. The Bertz CT molecular complexity index is 7350. The number of benzene rings is 13. The van der Waals surface area contributed by atoms with Crippen molar-refractivity contribution in [2.75, 3.05) is 41.7 Å². The van der Waals surface area contributed by atoms with Crippen LogP contribution in [0.1, 0.15) is 121 Å². The van der Waals surface area contributed by atoms with E-state index in [0.717, 1.165) is 26.5 Å². The van der Waals surface area contributed by atoms with Crippen molar-refractivity contribution in [3.63, 3.8) is 0 Å². The van der Waals surface area contributed by atoms with E-state index in [2.05, 4.69) is 122 Å². The summed E-state index contributed by atoms with van der Waals surface area (Å²) in [5, 5.41) is 29.0. The van der Waals surface area contributed by atoms with E-state index in [1.165, 1.54) is 150 Å². The van der Waals surface area contributed by atoms with E-state index in [4.69, 9.17) is 59.0 Å². The molecular weight excluding hydrogens is 2260 g/mol. The number of carboxylic acids is 1. The zero-order chi connectivity index (χ0) is 106. The molecule has 3 heterocycles. The van der Waals surface area contributed by atoms with Gasteiger partial charge in [0.2, 0.25) is 11.8 Å². The van der Waals surface area contributed by atoms with Gasteiger partial charge in [0.1, 0.15) is 93.6 Å². The van der Waals surface area contributed by atoms with Crippen LogP contribution < -0.4 is 37.9 Å². The van der Waals surface area contributed by atoms with Crippen LogP contribution in [0.15, 0.2) is 304 Å². The van der Waals surface area contributed by atoms with Crippen LogP contribution in [0.2, 0.25) is 0 Å². The average molecular weight is 2350 g/mol. The molecule has 39 heteroatoms. The molecule has 0 bridgehead atoms. The van der Waals surface area contributed by atoms with Gasteiger partial charge >= 0.3 is 29.8 Å². The number of carbonyl (C=O) groups is 7. The molecule has 762 valence electrons. The Morgan fingerprint density at radius 3 is 1.12 bits per heavy atom. The van der Waals surface area contributed by atoms with Gasteiger partial charge in [-0.15, -0.1) is 11.6 Å². The fraction of sp³-hybridized carbons (Fsp3) is 0.148. The number of hydrogen-bond donors (Lipinski definition) is 4. The van der Waals surface area contributed by atoms with Crippen LogP contribution in [-0.2, 0) is 69.8 Å². The third kappa shape index (κ3) is 33.2. The molecule has 3 aromatic heterocycles. The number of rotatable bonds is 31. The van der Waals surface area contributed by atoms with Crippen molar-refractivity contribution < 1.29 is 128 Å². The summed E-state index contributed by atoms with van der Waals surface area (Å²) in [5.74, 6) is -1.42. The van der Waals surface area contributed by atoms with Crippen LogP contribution >= 0.6 is 91.3 Å². The number of imidazole rings is 3. The number of carboxylic acid groups (broad SMARTS) is 1. The molecular formula is C108H91Br5ClF5N6O22. The average Bonchev–Trinajstić information content (AvgIpc) is 1.64. The van der Waals surface area contributed by atoms with E-state index in [9.17, 15) is 70.8 Å². The van der Waals surface area contributed by atoms with E-state index < -0.39 is 47.3 Å². The lowest BCUT2D eigenvalue weighted by molar-refractivity contribution is 0.0591. The second-order valence-electron chi connectivity index (χ2n) is 30.3. The third-order valence-corrected chi connectivity index (χ3v) is 23.1. The molecule has 0 aliphatic carbocycles. The van der Waals surface area contributed by atoms with Gasteiger partial charge in [-0.1, -0.05) is 184 Å². The first kappa shape index (κ1) is 114. The molecule has 0 spiro atoms. The number of nitrogens with one attached hydrogen (secondary N) is 1. The molecule has 16 aromatic rings. The van der Waals surface area contributed by atoms with Crippen molar-refractivity contribution >= 4 is 166 Å². The number of H-pyrrole nitrogens is 1. The minimum atomic E-state index is -1.10. The smallest absolute Gasteiger partial charge is 0.337 e. The normalized spacial score (nSPS) is 10.4. The molecule has 28 nitrogen and oxygen atoms in total. The summed E-state index contributed by atoms with van der Waals surface area (Å²) in [6.45, 7) is 10.5. The number of fused-ring (bicyclic) bond motifs is 3. The van der Waals surface area contributed by atoms with Crippen molar-refractivity contribution in [2.24, 2.45) is 0 Å². The number of aromatic carboxylic acids is 1. The summed E-state index contributed by atoms with van der Waals surface area (Å²) >= 11 is 21.7. The van der Waals surface area contributed by atoms with Crippen molar-refractivity contribution in [3.05, 3.63) is 406 Å². The van der Waals surface area contributed by atoms with Gasteiger partial charge in [0, 0.05) is 59.3 Å². The number of phenolic OH excluding ortho intramolecular Hbond substituents is 2. The van der Waals surface area contributed by atoms with Crippen molar-refractivity contribution in [1.82, 2.24) is 29.1 Å². The number of esters is 4. The molecule has 147 heavy (non-hydrogen) atoms. The molecule has 0 atom stereocenters. The lowest BCUT2D eigenvalue weighted by atomic mass is 10.2. The summed E-state index contributed by atoms with van der Waals surface area (Å²) in [6, 6.07) is 69.4. The number of carbonyl (C=O) groups excluding carboxylic acids is 6. The lowest BCUT2D eigenvalue weighted by Gasteiger charge is -2.14. The molecule has 0 aliphatic heterocycles. The molecule has 0 saturated carbocycles. The van der Waals surface area contributed by atoms with Crippen LogP contribution in [0.3, 0.4) is 0 Å². The Labute approximate surface area is 886 Å². The predicted octanol–water partition coefficient (Wildman–Crippen LogP) is 25.9. The number of aromatic amines is 1. The maximum atomic E-state index is 14.2. The fourth-order valence-electron chi connectivity index (χ4n) is 13.1. The minimum Gasteiger partial charge on any atom is -0.504 e. The Morgan fingerprint density at radius 2 is 0.707 bits per heavy atom. The maximum Gasteiger partial charge on any atom is 0.337 e. The SMILES string of the molecule is C=CCOc1ccc(C(=O)OC)cc1O.C=CCOc1ccc(C(=O)OC)cc1OCc1ccc(Br)cc1F.CC(=O)n1c(CCl)nc2ccccc21.COC(=O)c1ccc(O)c(OCc2ccccc2F)c1.COC(=O)c1ccc(OCc2nc3ccccc3n2C(C)=O)c(OCc2ccc(Br)cc2F)c1.Fc1cc(Br)ccc1CBr.O=C(O)c1ccc(OCc2nc3ccccc3[nH]2)c(OCc2ccc(Br)cc2F)c1. The lowest BCUT2D eigenvalue weighted by Crippen LogP contribution is -2.13. The number of ether oxygens (including phenoxy) is 12. The van der Waals surface area contributed by atoms with Gasteiger partial charge in [0.05, 0.1) is 95.2 Å². The van der Waals surface area contributed by atoms with E-state index in [1.807, 2.05) is 72.8 Å². The topological polar surface area (TPSA) is 355 Å². The predicted molar refractivity (Wildman–Crippen MR) is 558 cm³/mol. The zero-order valence-corrected chi connectivity index (χ0v) is 87.6. The van der Waals surface area contributed by atoms with Crippen molar-refractivity contribution in [3.8, 4) is 57.5 Å². The van der Waals surface area contributed by atoms with Gasteiger partial charge in [-0.25, -0.2) is 60.9 Å². The molecule has 13 aromatic carbocycles. The van der Waals surface area contributed by atoms with Gasteiger partial charge in [-0.3, -0.25) is 18.7 Å². The second kappa shape index (κ2) is 56.9. The summed E-state index contributed by atoms with van der Waals surface area (Å²) in [6.07, 6.45) is 3.15. The largest absolute Gasteiger partial charge is 0.504 e. The quantitative estimate of drug-likeness (QED) is 0.0103. The van der Waals surface area contributed by atoms with Crippen LogP contribution in [0.4, 0.5) is 22.0 Å². The number of alkyl halides is 2. The van der Waals surface area contributed by atoms with E-state index in [-0.39, 0.29) is 127 Å². The first-order valence-corrected chi connectivity index (χ1v) is 48.4. The minimum absolute atomic E-state index is 0.00577. The Morgan fingerprint density at radius 1 is 0.361 bits per heavy atom. The Balaban J connectivity index is 0.000000181. The van der Waals surface area contributed by atoms with Crippen LogP contribution in [-0.4, -0.2) is 128 Å². The standard InChI is InChI=1S/C25H20BrFN2O5.C22H16BrFN2O4.C18H16BrFO4.C15H13FO4.C11H12O4.C10H9ClN2O.C7H5Br2F/c1-15(30)29-21-6-4-3-5-20(21)28-24(29)14-34-22-10-8-16(25(31)32-2)11-23(22)33-13-17-7-9-18(26)12-19(17)27;23-15-7-5-14(16(24)10-15)11-29-20-9-13(22(27)28)6-8-19(20)30-12-21-25-17-3-1-2-4-18(17)26-21;1-3-8-23-16-7-5-12(18(21)22-2)9-17(16)24-11-13-4-6-14(19)10-15(13)20;1-19-15(18)10-6-7-13(17)14(8-10)20-9-11-4-2-3-5-12(11)16;1-3-6-15-10-5-4-8(7-9(10)12)11(13)14-2;1-7(14)13-9-5-3-2-4-8(9)12-10(13)6-11;8-4-5-1-2-6(9)3-7(5)10/h3-12H,13-14H2,1-2H3;1-10H,11-12H2,(H,25,26)(H,27,28);3-7,9-10H,1,8,11H2,2H3;2-8,17H,9H2,1H3;3-5,7,12H,1,6H2,2H3;2-5H,6H2,1H3;1-3H,4H2. The molecule has 4 N–H and O–H groups in total.